The second kappa shape index (κ2) is 8.41. The number of nitrogens with zero attached hydrogens (tertiary/aromatic N) is 1. The predicted octanol–water partition coefficient (Wildman–Crippen LogP) is 3.67. The number of piperidine rings is 1. The van der Waals surface area contributed by atoms with Crippen LogP contribution in [0, 0.1) is 17.7 Å². The van der Waals surface area contributed by atoms with Gasteiger partial charge < -0.3 is 5.32 Å². The van der Waals surface area contributed by atoms with E-state index < -0.39 is 10.0 Å². The first-order valence-corrected chi connectivity index (χ1v) is 10.8. The third-order valence-electron chi connectivity index (χ3n) is 4.89. The minimum absolute atomic E-state index is 0.115. The Balaban J connectivity index is 1.65. The van der Waals surface area contributed by atoms with Crippen LogP contribution in [0.4, 0.5) is 10.1 Å². The lowest BCUT2D eigenvalue weighted by Crippen LogP contribution is -2.42. The van der Waals surface area contributed by atoms with Gasteiger partial charge in [-0.05, 0) is 60.2 Å². The summed E-state index contributed by atoms with van der Waals surface area (Å²) in [4.78, 5) is 12.4. The van der Waals surface area contributed by atoms with E-state index in [9.17, 15) is 17.6 Å². The first kappa shape index (κ1) is 20.5. The van der Waals surface area contributed by atoms with Crippen LogP contribution in [0.5, 0.6) is 0 Å². The summed E-state index contributed by atoms with van der Waals surface area (Å²) < 4.78 is 40.3. The minimum Gasteiger partial charge on any atom is -0.326 e. The van der Waals surface area contributed by atoms with Gasteiger partial charge in [-0.2, -0.15) is 4.31 Å². The molecule has 0 spiro atoms. The molecule has 0 saturated carbocycles. The zero-order valence-corrected chi connectivity index (χ0v) is 16.9. The van der Waals surface area contributed by atoms with Crippen molar-refractivity contribution in [2.75, 3.05) is 18.4 Å². The molecule has 1 saturated heterocycles. The second-order valence-corrected chi connectivity index (χ2v) is 9.58. The maximum Gasteiger partial charge on any atom is 0.243 e. The molecule has 0 aliphatic carbocycles. The van der Waals surface area contributed by atoms with Crippen molar-refractivity contribution in [2.24, 2.45) is 11.8 Å². The Morgan fingerprint density at radius 1 is 1.04 bits per heavy atom. The fraction of sp³-hybridized carbons (Fsp3) is 0.381. The van der Waals surface area contributed by atoms with E-state index in [1.807, 2.05) is 0 Å². The summed E-state index contributed by atoms with van der Waals surface area (Å²) in [5.74, 6) is 0.0754. The Morgan fingerprint density at radius 2 is 1.61 bits per heavy atom. The highest BCUT2D eigenvalue weighted by atomic mass is 32.2. The largest absolute Gasteiger partial charge is 0.326 e. The number of nitrogens with one attached hydrogen (secondary N) is 1. The fourth-order valence-electron chi connectivity index (χ4n) is 3.65. The molecule has 0 aromatic heterocycles. The number of anilines is 1. The molecule has 1 fully saturated rings. The number of carbonyl (C=O) groups is 1. The van der Waals surface area contributed by atoms with Crippen molar-refractivity contribution in [3.8, 4) is 0 Å². The highest BCUT2D eigenvalue weighted by Crippen LogP contribution is 2.27. The summed E-state index contributed by atoms with van der Waals surface area (Å²) in [6, 6.07) is 12.0. The summed E-state index contributed by atoms with van der Waals surface area (Å²) in [6.45, 7) is 5.20. The van der Waals surface area contributed by atoms with Crippen molar-refractivity contribution >= 4 is 21.6 Å². The number of halogens is 1. The molecule has 28 heavy (non-hydrogen) atoms. The molecule has 1 aliphatic rings. The van der Waals surface area contributed by atoms with Crippen LogP contribution in [-0.4, -0.2) is 31.7 Å². The topological polar surface area (TPSA) is 66.5 Å². The van der Waals surface area contributed by atoms with E-state index in [0.29, 0.717) is 36.2 Å². The Labute approximate surface area is 165 Å². The molecular formula is C21H25FN2O3S. The smallest absolute Gasteiger partial charge is 0.243 e. The molecule has 150 valence electrons. The maximum atomic E-state index is 12.9. The lowest BCUT2D eigenvalue weighted by atomic mass is 9.94. The van der Waals surface area contributed by atoms with Gasteiger partial charge in [0.1, 0.15) is 5.82 Å². The summed E-state index contributed by atoms with van der Waals surface area (Å²) in [5, 5.41) is 2.74. The van der Waals surface area contributed by atoms with Crippen LogP contribution >= 0.6 is 0 Å². The summed E-state index contributed by atoms with van der Waals surface area (Å²) >= 11 is 0. The van der Waals surface area contributed by atoms with E-state index >= 15 is 0 Å². The zero-order chi connectivity index (χ0) is 20.3. The minimum atomic E-state index is -3.54. The van der Waals surface area contributed by atoms with Gasteiger partial charge in [0.25, 0.3) is 0 Å². The Morgan fingerprint density at radius 3 is 2.18 bits per heavy atom. The van der Waals surface area contributed by atoms with Crippen molar-refractivity contribution in [1.82, 2.24) is 4.31 Å². The average molecular weight is 405 g/mol. The van der Waals surface area contributed by atoms with Gasteiger partial charge in [0.15, 0.2) is 0 Å². The van der Waals surface area contributed by atoms with Gasteiger partial charge in [0, 0.05) is 18.8 Å². The summed E-state index contributed by atoms with van der Waals surface area (Å²) in [6.07, 6.45) is 1.15. The molecule has 2 aromatic carbocycles. The molecule has 0 bridgehead atoms. The van der Waals surface area contributed by atoms with Crippen molar-refractivity contribution in [1.29, 1.82) is 0 Å². The van der Waals surface area contributed by atoms with Gasteiger partial charge in [0.2, 0.25) is 15.9 Å². The van der Waals surface area contributed by atoms with Crippen molar-refractivity contribution in [3.63, 3.8) is 0 Å². The van der Waals surface area contributed by atoms with Gasteiger partial charge >= 0.3 is 0 Å². The average Bonchev–Trinajstić information content (AvgIpc) is 2.63. The SMILES string of the molecule is CC1CC(C)CN(S(=O)(=O)c2ccc(NC(=O)Cc3ccc(F)cc3)cc2)C1. The maximum absolute atomic E-state index is 12.9. The molecule has 3 rings (SSSR count). The molecule has 0 radical (unpaired) electrons. The van der Waals surface area contributed by atoms with E-state index in [4.69, 9.17) is 0 Å². The van der Waals surface area contributed by atoms with E-state index in [0.717, 1.165) is 6.42 Å². The number of carbonyl (C=O) groups excluding carboxylic acids is 1. The van der Waals surface area contributed by atoms with E-state index in [2.05, 4.69) is 19.2 Å². The van der Waals surface area contributed by atoms with Gasteiger partial charge in [-0.15, -0.1) is 0 Å². The number of amides is 1. The third kappa shape index (κ3) is 4.97. The molecule has 1 heterocycles. The van der Waals surface area contributed by atoms with Gasteiger partial charge in [-0.3, -0.25) is 4.79 Å². The predicted molar refractivity (Wildman–Crippen MR) is 107 cm³/mol. The van der Waals surface area contributed by atoms with Crippen molar-refractivity contribution in [3.05, 3.63) is 59.9 Å². The Kier molecular flexibility index (Phi) is 6.15. The van der Waals surface area contributed by atoms with Crippen LogP contribution in [0.25, 0.3) is 0 Å². The molecule has 1 N–H and O–H groups in total. The van der Waals surface area contributed by atoms with Crippen LogP contribution in [0.15, 0.2) is 53.4 Å². The monoisotopic (exact) mass is 404 g/mol. The lowest BCUT2D eigenvalue weighted by Gasteiger charge is -2.34. The summed E-state index contributed by atoms with van der Waals surface area (Å²) in [7, 11) is -3.54. The molecule has 1 amide bonds. The standard InChI is InChI=1S/C21H25FN2O3S/c1-15-11-16(2)14-24(13-15)28(26,27)20-9-7-19(8-10-20)23-21(25)12-17-3-5-18(22)6-4-17/h3-10,15-16H,11-14H2,1-2H3,(H,23,25). The van der Waals surface area contributed by atoms with E-state index in [-0.39, 0.29) is 23.0 Å². The summed E-state index contributed by atoms with van der Waals surface area (Å²) in [5.41, 5.74) is 1.22. The fourth-order valence-corrected chi connectivity index (χ4v) is 5.33. The third-order valence-corrected chi connectivity index (χ3v) is 6.74. The number of hydrogen-bond donors (Lipinski definition) is 1. The quantitative estimate of drug-likeness (QED) is 0.827. The molecule has 2 unspecified atom stereocenters. The van der Waals surface area contributed by atoms with Crippen LogP contribution in [0.2, 0.25) is 0 Å². The normalized spacial score (nSPS) is 20.7. The van der Waals surface area contributed by atoms with Gasteiger partial charge in [-0.1, -0.05) is 26.0 Å². The Hall–Kier alpha value is -2.25. The zero-order valence-electron chi connectivity index (χ0n) is 16.1. The van der Waals surface area contributed by atoms with Crippen LogP contribution in [0.3, 0.4) is 0 Å². The van der Waals surface area contributed by atoms with Crippen molar-refractivity contribution in [2.45, 2.75) is 31.6 Å². The number of rotatable bonds is 5. The van der Waals surface area contributed by atoms with Crippen LogP contribution < -0.4 is 5.32 Å². The molecule has 1 aliphatic heterocycles. The Bertz CT molecular complexity index is 917. The highest BCUT2D eigenvalue weighted by molar-refractivity contribution is 7.89. The second-order valence-electron chi connectivity index (χ2n) is 7.64. The van der Waals surface area contributed by atoms with Crippen LogP contribution in [0.1, 0.15) is 25.8 Å². The molecule has 5 nitrogen and oxygen atoms in total. The van der Waals surface area contributed by atoms with E-state index in [1.165, 1.54) is 24.3 Å². The molecular weight excluding hydrogens is 379 g/mol. The lowest BCUT2D eigenvalue weighted by molar-refractivity contribution is -0.115. The molecule has 2 atom stereocenters. The number of hydrogen-bond acceptors (Lipinski definition) is 3. The van der Waals surface area contributed by atoms with Crippen LogP contribution in [-0.2, 0) is 21.2 Å². The first-order chi connectivity index (χ1) is 13.2. The van der Waals surface area contributed by atoms with E-state index in [1.54, 1.807) is 28.6 Å². The van der Waals surface area contributed by atoms with Gasteiger partial charge in [-0.25, -0.2) is 12.8 Å². The number of sulfonamides is 1. The van der Waals surface area contributed by atoms with Gasteiger partial charge in [0.05, 0.1) is 11.3 Å². The first-order valence-electron chi connectivity index (χ1n) is 9.38. The highest BCUT2D eigenvalue weighted by Gasteiger charge is 2.31. The number of benzene rings is 2. The molecule has 2 aromatic rings. The van der Waals surface area contributed by atoms with Crippen molar-refractivity contribution < 1.29 is 17.6 Å². The molecule has 7 heteroatoms.